The molecule has 1 N–H and O–H groups in total. The van der Waals surface area contributed by atoms with Crippen LogP contribution in [-0.4, -0.2) is 37.5 Å². The molecule has 0 aromatic heterocycles. The molecule has 1 aliphatic carbocycles. The molecule has 1 saturated heterocycles. The van der Waals surface area contributed by atoms with Crippen LogP contribution in [0.3, 0.4) is 0 Å². The Morgan fingerprint density at radius 1 is 0.900 bits per heavy atom. The summed E-state index contributed by atoms with van der Waals surface area (Å²) < 4.78 is 8.38. The van der Waals surface area contributed by atoms with E-state index in [0.29, 0.717) is 10.4 Å². The number of benzene rings is 3. The molecule has 0 radical (unpaired) electrons. The Morgan fingerprint density at radius 2 is 1.40 bits per heavy atom. The Labute approximate surface area is 185 Å². The molecular formula is C26H26AsO2P. The van der Waals surface area contributed by atoms with Gasteiger partial charge in [-0.1, -0.05) is 0 Å². The van der Waals surface area contributed by atoms with Crippen molar-refractivity contribution in [3.63, 3.8) is 0 Å². The van der Waals surface area contributed by atoms with Crippen molar-refractivity contribution in [2.24, 2.45) is 0 Å². The number of fused-ring (bicyclic) bond motifs is 2. The predicted octanol–water partition coefficient (Wildman–Crippen LogP) is 3.87. The van der Waals surface area contributed by atoms with Crippen LogP contribution in [0.25, 0.3) is 0 Å². The third-order valence-electron chi connectivity index (χ3n) is 6.41. The van der Waals surface area contributed by atoms with Crippen LogP contribution in [0.2, 0.25) is 4.71 Å². The second-order valence-corrected chi connectivity index (χ2v) is 14.6. The first-order valence-corrected chi connectivity index (χ1v) is 14.6. The molecule has 30 heavy (non-hydrogen) atoms. The summed E-state index contributed by atoms with van der Waals surface area (Å²) in [6, 6.07) is 32.3. The number of rotatable bonds is 4. The molecule has 1 heterocycles. The van der Waals surface area contributed by atoms with Crippen LogP contribution in [-0.2, 0) is 3.73 Å². The quantitative estimate of drug-likeness (QED) is 0.352. The molecule has 5 rings (SSSR count). The summed E-state index contributed by atoms with van der Waals surface area (Å²) in [5, 5.41) is 14.0. The van der Waals surface area contributed by atoms with E-state index in [0.717, 1.165) is 12.0 Å². The van der Waals surface area contributed by atoms with Crippen molar-refractivity contribution in [3.05, 3.63) is 103 Å². The topological polar surface area (TPSA) is 29.5 Å². The van der Waals surface area contributed by atoms with E-state index >= 15 is 0 Å². The van der Waals surface area contributed by atoms with E-state index in [-0.39, 0.29) is 0 Å². The zero-order valence-corrected chi connectivity index (χ0v) is 19.8. The number of aliphatic hydroxyl groups excluding tert-OH is 1. The monoisotopic (exact) mass is 476 g/mol. The maximum atomic E-state index is 11.3. The van der Waals surface area contributed by atoms with E-state index in [1.54, 1.807) is 0 Å². The number of aliphatic hydroxyl groups is 1. The molecule has 3 aromatic rings. The van der Waals surface area contributed by atoms with Gasteiger partial charge in [0.05, 0.1) is 0 Å². The summed E-state index contributed by atoms with van der Waals surface area (Å²) in [5.74, 6) is 0. The Bertz CT molecular complexity index is 987. The van der Waals surface area contributed by atoms with Crippen molar-refractivity contribution in [2.45, 2.75) is 35.4 Å². The second kappa shape index (κ2) is 8.10. The van der Waals surface area contributed by atoms with Crippen LogP contribution in [0.1, 0.15) is 13.3 Å². The molecule has 2 fully saturated rings. The van der Waals surface area contributed by atoms with Gasteiger partial charge in [0.15, 0.2) is 0 Å². The number of hydrogen-bond donors (Lipinski definition) is 1. The average molecular weight is 476 g/mol. The van der Waals surface area contributed by atoms with Crippen molar-refractivity contribution in [1.29, 1.82) is 0 Å². The van der Waals surface area contributed by atoms with E-state index in [2.05, 4.69) is 97.6 Å². The standard InChI is InChI=1S/C26H26AsO2P/c1-19-25-23(30(21-14-8-4-9-15-21)22-16-10-5-11-17-22)18-24(28)26(19,2)29-27(25)20-12-6-3-7-13-20/h3-17,23-25,28H,1,18H2,2H3/t23-,24+,25+,26-,27?/m0/s1. The van der Waals surface area contributed by atoms with E-state index in [1.165, 1.54) is 15.0 Å². The van der Waals surface area contributed by atoms with Crippen LogP contribution in [0.5, 0.6) is 0 Å². The summed E-state index contributed by atoms with van der Waals surface area (Å²) in [6.45, 7) is 6.57. The van der Waals surface area contributed by atoms with Gasteiger partial charge in [0.1, 0.15) is 0 Å². The summed E-state index contributed by atoms with van der Waals surface area (Å²) >= 11 is -1.90. The normalized spacial score (nSPS) is 30.6. The van der Waals surface area contributed by atoms with Gasteiger partial charge in [-0.15, -0.1) is 0 Å². The summed E-state index contributed by atoms with van der Waals surface area (Å²) in [5.41, 5.74) is 0.809. The predicted molar refractivity (Wildman–Crippen MR) is 128 cm³/mol. The molecule has 152 valence electrons. The van der Waals surface area contributed by atoms with Gasteiger partial charge in [-0.25, -0.2) is 0 Å². The Kier molecular flexibility index (Phi) is 5.46. The van der Waals surface area contributed by atoms with Crippen molar-refractivity contribution in [1.82, 2.24) is 0 Å². The molecular weight excluding hydrogens is 450 g/mol. The number of hydrogen-bond acceptors (Lipinski definition) is 2. The average Bonchev–Trinajstić information content (AvgIpc) is 3.00. The molecule has 4 heteroatoms. The van der Waals surface area contributed by atoms with Crippen LogP contribution in [0.15, 0.2) is 103 Å². The van der Waals surface area contributed by atoms with Crippen molar-refractivity contribution in [2.75, 3.05) is 0 Å². The Morgan fingerprint density at radius 3 is 1.93 bits per heavy atom. The first-order valence-electron chi connectivity index (χ1n) is 10.4. The van der Waals surface area contributed by atoms with Gasteiger partial charge >= 0.3 is 185 Å². The second-order valence-electron chi connectivity index (χ2n) is 8.19. The fourth-order valence-corrected chi connectivity index (χ4v) is 14.6. The van der Waals surface area contributed by atoms with Crippen molar-refractivity contribution < 1.29 is 8.83 Å². The van der Waals surface area contributed by atoms with Crippen LogP contribution < -0.4 is 15.0 Å². The van der Waals surface area contributed by atoms with Gasteiger partial charge in [-0.05, 0) is 0 Å². The fraction of sp³-hybridized carbons (Fsp3) is 0.231. The van der Waals surface area contributed by atoms with Gasteiger partial charge in [-0.2, -0.15) is 0 Å². The molecule has 1 unspecified atom stereocenters. The van der Waals surface area contributed by atoms with Gasteiger partial charge in [0.25, 0.3) is 0 Å². The summed E-state index contributed by atoms with van der Waals surface area (Å²) in [7, 11) is -0.645. The Hall–Kier alpha value is -1.69. The van der Waals surface area contributed by atoms with E-state index in [1.807, 2.05) is 6.92 Å². The van der Waals surface area contributed by atoms with Crippen LogP contribution in [0.4, 0.5) is 0 Å². The first-order chi connectivity index (χ1) is 14.6. The van der Waals surface area contributed by atoms with E-state index in [4.69, 9.17) is 3.73 Å². The maximum absolute atomic E-state index is 11.3. The minimum atomic E-state index is -1.90. The van der Waals surface area contributed by atoms with Crippen LogP contribution in [0, 0.1) is 0 Å². The van der Waals surface area contributed by atoms with Crippen molar-refractivity contribution >= 4 is 37.9 Å². The first kappa shape index (κ1) is 20.2. The summed E-state index contributed by atoms with van der Waals surface area (Å²) in [4.78, 5) is 0. The fourth-order valence-electron chi connectivity index (χ4n) is 4.74. The van der Waals surface area contributed by atoms with Gasteiger partial charge < -0.3 is 0 Å². The van der Waals surface area contributed by atoms with E-state index in [9.17, 15) is 5.11 Å². The SMILES string of the molecule is C=C1[C@@H]2[C@@H](P(c3ccccc3)c3ccccc3)C[C@@H](O)[C@@]1(C)O[As]2c1ccccc1. The van der Waals surface area contributed by atoms with Crippen molar-refractivity contribution in [3.8, 4) is 0 Å². The molecule has 0 amide bonds. The minimum absolute atomic E-state index is 0.319. The molecule has 5 atom stereocenters. The van der Waals surface area contributed by atoms with Gasteiger partial charge in [-0.3, -0.25) is 0 Å². The molecule has 1 saturated carbocycles. The zero-order valence-electron chi connectivity index (χ0n) is 17.1. The molecule has 2 nitrogen and oxygen atoms in total. The molecule has 2 aliphatic rings. The van der Waals surface area contributed by atoms with Gasteiger partial charge in [0.2, 0.25) is 0 Å². The summed E-state index contributed by atoms with van der Waals surface area (Å²) in [6.07, 6.45) is 0.236. The zero-order chi connectivity index (χ0) is 20.7. The molecule has 1 aliphatic heterocycles. The molecule has 0 spiro atoms. The third kappa shape index (κ3) is 3.31. The van der Waals surface area contributed by atoms with E-state index < -0.39 is 34.6 Å². The Balaban J connectivity index is 1.65. The molecule has 3 aromatic carbocycles. The molecule has 2 bridgehead atoms. The van der Waals surface area contributed by atoms with Crippen LogP contribution >= 0.6 is 7.92 Å². The van der Waals surface area contributed by atoms with Gasteiger partial charge in [0, 0.05) is 0 Å². The third-order valence-corrected chi connectivity index (χ3v) is 15.2.